The smallest absolute Gasteiger partial charge is 0.408 e. The van der Waals surface area contributed by atoms with E-state index < -0.39 is 65.2 Å². The summed E-state index contributed by atoms with van der Waals surface area (Å²) in [5, 5.41) is 27.6. The third-order valence-corrected chi connectivity index (χ3v) is 10.2. The number of hydrogen-bond donors (Lipinski definition) is 3. The Bertz CT molecular complexity index is 1800. The van der Waals surface area contributed by atoms with Crippen LogP contribution in [0.15, 0.2) is 56.8 Å². The first kappa shape index (κ1) is 33.6. The lowest BCUT2D eigenvalue weighted by Crippen LogP contribution is -2.59. The number of carbonyl (C=O) groups excluding carboxylic acids is 3. The zero-order valence-electron chi connectivity index (χ0n) is 26.9. The largest absolute Gasteiger partial charge is 0.479 e. The summed E-state index contributed by atoms with van der Waals surface area (Å²) in [5.74, 6) is -2.97. The van der Waals surface area contributed by atoms with E-state index in [0.29, 0.717) is 11.1 Å². The van der Waals surface area contributed by atoms with Gasteiger partial charge in [-0.1, -0.05) is 12.2 Å². The van der Waals surface area contributed by atoms with E-state index in [1.165, 1.54) is 32.3 Å². The number of hydrogen-bond acceptors (Lipinski definition) is 10. The Morgan fingerprint density at radius 2 is 1.85 bits per heavy atom. The van der Waals surface area contributed by atoms with Gasteiger partial charge in [-0.05, 0) is 78.9 Å². The average Bonchev–Trinajstić information content (AvgIpc) is 3.54. The first-order valence-electron chi connectivity index (χ1n) is 15.6. The molecule has 1 aliphatic carbocycles. The Kier molecular flexibility index (Phi) is 9.04. The summed E-state index contributed by atoms with van der Waals surface area (Å²) >= 11 is 2.95. The minimum Gasteiger partial charge on any atom is -0.479 e. The molecule has 1 saturated carbocycles. The molecule has 3 aromatic heterocycles. The van der Waals surface area contributed by atoms with Crippen molar-refractivity contribution in [3.63, 3.8) is 0 Å². The van der Waals surface area contributed by atoms with Gasteiger partial charge in [-0.25, -0.2) is 14.3 Å². The topological polar surface area (TPSA) is 169 Å². The molecule has 6 rings (SSSR count). The molecule has 254 valence electrons. The second-order valence-electron chi connectivity index (χ2n) is 13.3. The standard InChI is InChI=1S/C33H37N5O8S2/c1-18-26(35-31(44)46-32(2,3)4)29(41)37-15-22(12-24(37)27(39)36-33(30(42)43)13-21(33)6-5-9-45-18)38-28(40)25(20-8-11-48-17-20)23(14-34-38)19-7-10-47-16-19/h5-8,10-11,14,16-18,21-22,24,26H,9,12-13,15H2,1-4H3,(H,35,44)(H,36,39)(H,42,43)/b6-5-/t18?,21?,22-,24+,26+,33?/m1/s1. The van der Waals surface area contributed by atoms with Crippen LogP contribution in [-0.2, 0) is 23.9 Å². The van der Waals surface area contributed by atoms with Crippen molar-refractivity contribution in [1.29, 1.82) is 0 Å². The maximum atomic E-state index is 14.4. The highest BCUT2D eigenvalue weighted by atomic mass is 32.1. The van der Waals surface area contributed by atoms with Crippen LogP contribution in [0.2, 0.25) is 0 Å². The number of carboxylic acids is 1. The normalized spacial score (nSPS) is 28.2. The number of alkyl carbamates (subject to hydrolysis) is 1. The molecule has 2 fully saturated rings. The number of fused-ring (bicyclic) bond motifs is 2. The second kappa shape index (κ2) is 12.9. The van der Waals surface area contributed by atoms with Gasteiger partial charge in [0.1, 0.15) is 23.2 Å². The molecule has 15 heteroatoms. The van der Waals surface area contributed by atoms with Gasteiger partial charge >= 0.3 is 12.1 Å². The number of ether oxygens (including phenoxy) is 2. The van der Waals surface area contributed by atoms with Crippen LogP contribution in [0.25, 0.3) is 22.3 Å². The first-order valence-corrected chi connectivity index (χ1v) is 17.5. The number of nitrogens with one attached hydrogen (secondary N) is 2. The molecule has 0 radical (unpaired) electrons. The van der Waals surface area contributed by atoms with Gasteiger partial charge in [0.25, 0.3) is 5.56 Å². The van der Waals surface area contributed by atoms with E-state index >= 15 is 0 Å². The molecular formula is C33H37N5O8S2. The summed E-state index contributed by atoms with van der Waals surface area (Å²) in [7, 11) is 0. The van der Waals surface area contributed by atoms with Crippen LogP contribution in [0.3, 0.4) is 0 Å². The fourth-order valence-electron chi connectivity index (χ4n) is 6.32. The Morgan fingerprint density at radius 3 is 2.50 bits per heavy atom. The molecule has 0 aromatic carbocycles. The van der Waals surface area contributed by atoms with Gasteiger partial charge in [0.05, 0.1) is 30.5 Å². The van der Waals surface area contributed by atoms with Crippen LogP contribution in [0.4, 0.5) is 4.79 Å². The van der Waals surface area contributed by atoms with Crippen molar-refractivity contribution in [1.82, 2.24) is 25.3 Å². The van der Waals surface area contributed by atoms with Crippen molar-refractivity contribution >= 4 is 46.6 Å². The SMILES string of the molecule is CC1OC/C=C\C2CC2(C(=O)O)NC(=O)[C@@H]2C[C@@H](n3ncc(-c4ccsc4)c(-c4ccsc4)c3=O)CN2C(=O)[C@H]1NC(=O)OC(C)(C)C. The molecule has 48 heavy (non-hydrogen) atoms. The van der Waals surface area contributed by atoms with E-state index in [1.807, 2.05) is 33.7 Å². The summed E-state index contributed by atoms with van der Waals surface area (Å²) < 4.78 is 12.6. The summed E-state index contributed by atoms with van der Waals surface area (Å²) in [6.45, 7) is 6.63. The van der Waals surface area contributed by atoms with Gasteiger partial charge in [-0.3, -0.25) is 14.4 Å². The lowest BCUT2D eigenvalue weighted by molar-refractivity contribution is -0.146. The van der Waals surface area contributed by atoms with E-state index in [4.69, 9.17) is 9.47 Å². The predicted molar refractivity (Wildman–Crippen MR) is 179 cm³/mol. The molecule has 3 aliphatic rings. The first-order chi connectivity index (χ1) is 22.8. The molecule has 6 atom stereocenters. The molecule has 3 unspecified atom stereocenters. The van der Waals surface area contributed by atoms with Crippen molar-refractivity contribution < 1.29 is 33.8 Å². The molecule has 0 spiro atoms. The Labute approximate surface area is 284 Å². The fourth-order valence-corrected chi connectivity index (χ4v) is 7.62. The molecule has 3 aromatic rings. The zero-order chi connectivity index (χ0) is 34.4. The lowest BCUT2D eigenvalue weighted by atomic mass is 10.0. The van der Waals surface area contributed by atoms with Crippen molar-refractivity contribution in [3.05, 3.63) is 62.4 Å². The summed E-state index contributed by atoms with van der Waals surface area (Å²) in [6.07, 6.45) is 3.39. The summed E-state index contributed by atoms with van der Waals surface area (Å²) in [4.78, 5) is 69.1. The predicted octanol–water partition coefficient (Wildman–Crippen LogP) is 3.67. The second-order valence-corrected chi connectivity index (χ2v) is 14.8. The number of aromatic nitrogens is 2. The highest BCUT2D eigenvalue weighted by Crippen LogP contribution is 2.45. The molecule has 3 amide bonds. The lowest BCUT2D eigenvalue weighted by Gasteiger charge is -2.32. The highest BCUT2D eigenvalue weighted by Gasteiger charge is 2.61. The van der Waals surface area contributed by atoms with E-state index in [1.54, 1.807) is 46.0 Å². The maximum absolute atomic E-state index is 14.4. The van der Waals surface area contributed by atoms with Crippen molar-refractivity contribution in [2.75, 3.05) is 13.2 Å². The van der Waals surface area contributed by atoms with Gasteiger partial charge in [-0.15, -0.1) is 0 Å². The average molecular weight is 696 g/mol. The molecule has 3 N–H and O–H groups in total. The Hall–Kier alpha value is -4.34. The summed E-state index contributed by atoms with van der Waals surface area (Å²) in [5.41, 5.74) is -0.0932. The number of nitrogens with zero attached hydrogens (tertiary/aromatic N) is 3. The quantitative estimate of drug-likeness (QED) is 0.337. The highest BCUT2D eigenvalue weighted by molar-refractivity contribution is 7.08. The van der Waals surface area contributed by atoms with Crippen LogP contribution in [0.1, 0.15) is 46.6 Å². The van der Waals surface area contributed by atoms with Gasteiger partial charge < -0.3 is 30.1 Å². The number of carbonyl (C=O) groups is 4. The molecule has 0 bridgehead atoms. The van der Waals surface area contributed by atoms with E-state index in [0.717, 1.165) is 11.1 Å². The van der Waals surface area contributed by atoms with Crippen LogP contribution in [-0.4, -0.2) is 86.1 Å². The van der Waals surface area contributed by atoms with E-state index in [-0.39, 0.29) is 31.6 Å². The van der Waals surface area contributed by atoms with Gasteiger partial charge in [0, 0.05) is 24.4 Å². The number of aliphatic carboxylic acids is 1. The van der Waals surface area contributed by atoms with E-state index in [9.17, 15) is 29.1 Å². The molecule has 1 saturated heterocycles. The van der Waals surface area contributed by atoms with Crippen molar-refractivity contribution in [2.45, 2.75) is 75.9 Å². The monoisotopic (exact) mass is 695 g/mol. The van der Waals surface area contributed by atoms with Crippen molar-refractivity contribution in [2.24, 2.45) is 5.92 Å². The molecule has 2 aliphatic heterocycles. The third kappa shape index (κ3) is 6.54. The Balaban J connectivity index is 1.40. The maximum Gasteiger partial charge on any atom is 0.408 e. The molecular weight excluding hydrogens is 659 g/mol. The Morgan fingerprint density at radius 1 is 1.15 bits per heavy atom. The molecule has 13 nitrogen and oxygen atoms in total. The fraction of sp³-hybridized carbons (Fsp3) is 0.455. The molecule has 5 heterocycles. The zero-order valence-corrected chi connectivity index (χ0v) is 28.5. The number of amides is 3. The summed E-state index contributed by atoms with van der Waals surface area (Å²) in [6, 6.07) is 0.583. The van der Waals surface area contributed by atoms with E-state index in [2.05, 4.69) is 15.7 Å². The van der Waals surface area contributed by atoms with Crippen molar-refractivity contribution in [3.8, 4) is 22.3 Å². The number of carboxylic acid groups (broad SMARTS) is 1. The number of rotatable bonds is 5. The van der Waals surface area contributed by atoms with Crippen LogP contribution >= 0.6 is 22.7 Å². The van der Waals surface area contributed by atoms with Crippen LogP contribution in [0.5, 0.6) is 0 Å². The minimum atomic E-state index is -1.53. The van der Waals surface area contributed by atoms with Crippen LogP contribution in [0, 0.1) is 5.92 Å². The minimum absolute atomic E-state index is 0.0179. The number of thiophene rings is 2. The van der Waals surface area contributed by atoms with Gasteiger partial charge in [0.15, 0.2) is 0 Å². The third-order valence-electron chi connectivity index (χ3n) is 8.83. The van der Waals surface area contributed by atoms with Gasteiger partial charge in [0.2, 0.25) is 11.8 Å². The van der Waals surface area contributed by atoms with Crippen LogP contribution < -0.4 is 16.2 Å². The van der Waals surface area contributed by atoms with Gasteiger partial charge in [-0.2, -0.15) is 27.8 Å².